The highest BCUT2D eigenvalue weighted by atomic mass is 15.5. The van der Waals surface area contributed by atoms with Gasteiger partial charge in [0.2, 0.25) is 0 Å². The maximum atomic E-state index is 4.45. The fourth-order valence-corrected chi connectivity index (χ4v) is 3.01. The minimum Gasteiger partial charge on any atom is -0.234 e. The zero-order chi connectivity index (χ0) is 14.0. The number of hydrogen-bond donors (Lipinski definition) is 0. The monoisotopic (exact) mass is 265 g/mol. The number of hydrogen-bond acceptors (Lipinski definition) is 2. The molecule has 0 spiro atoms. The Labute approximate surface area is 119 Å². The van der Waals surface area contributed by atoms with Crippen molar-refractivity contribution in [1.82, 2.24) is 15.0 Å². The second-order valence-electron chi connectivity index (χ2n) is 5.09. The third-order valence-corrected chi connectivity index (χ3v) is 4.24. The summed E-state index contributed by atoms with van der Waals surface area (Å²) in [5, 5.41) is 8.77. The van der Waals surface area contributed by atoms with E-state index in [2.05, 4.69) is 65.2 Å². The Morgan fingerprint density at radius 2 is 1.55 bits per heavy atom. The summed E-state index contributed by atoms with van der Waals surface area (Å²) in [6, 6.07) is 18.8. The van der Waals surface area contributed by atoms with Gasteiger partial charge in [-0.25, -0.2) is 4.68 Å². The highest BCUT2D eigenvalue weighted by Crippen LogP contribution is 2.34. The van der Waals surface area contributed by atoms with Gasteiger partial charge in [0.15, 0.2) is 0 Å². The molecule has 0 atom stereocenters. The van der Waals surface area contributed by atoms with Gasteiger partial charge in [-0.15, -0.1) is 5.10 Å². The van der Waals surface area contributed by atoms with Crippen LogP contribution in [0.4, 0.5) is 0 Å². The van der Waals surface area contributed by atoms with E-state index in [-0.39, 0.29) is 5.54 Å². The van der Waals surface area contributed by atoms with E-state index in [0.29, 0.717) is 0 Å². The van der Waals surface area contributed by atoms with Crippen LogP contribution in [0.1, 0.15) is 32.3 Å². The van der Waals surface area contributed by atoms with Crippen molar-refractivity contribution < 1.29 is 0 Å². The average molecular weight is 265 g/mol. The van der Waals surface area contributed by atoms with E-state index in [1.807, 2.05) is 18.2 Å². The Hall–Kier alpha value is -2.16. The number of fused-ring (bicyclic) bond motifs is 1. The Morgan fingerprint density at radius 1 is 0.900 bits per heavy atom. The summed E-state index contributed by atoms with van der Waals surface area (Å²) in [6.45, 7) is 4.43. The summed E-state index contributed by atoms with van der Waals surface area (Å²) in [6.07, 6.45) is 1.97. The molecule has 3 aromatic rings. The molecular formula is C17H19N3. The second kappa shape index (κ2) is 5.08. The number of aromatic nitrogens is 3. The second-order valence-corrected chi connectivity index (χ2v) is 5.09. The summed E-state index contributed by atoms with van der Waals surface area (Å²) in [5.41, 5.74) is 3.22. The maximum Gasteiger partial charge on any atom is 0.113 e. The first-order chi connectivity index (χ1) is 9.81. The van der Waals surface area contributed by atoms with Crippen molar-refractivity contribution in [3.63, 3.8) is 0 Å². The topological polar surface area (TPSA) is 30.7 Å². The largest absolute Gasteiger partial charge is 0.234 e. The molecule has 2 aromatic carbocycles. The zero-order valence-corrected chi connectivity index (χ0v) is 12.0. The highest BCUT2D eigenvalue weighted by molar-refractivity contribution is 5.74. The molecule has 0 radical (unpaired) electrons. The van der Waals surface area contributed by atoms with Crippen molar-refractivity contribution in [3.8, 4) is 0 Å². The fourth-order valence-electron chi connectivity index (χ4n) is 3.01. The normalized spacial score (nSPS) is 11.9. The number of nitrogens with zero attached hydrogens (tertiary/aromatic N) is 3. The molecule has 0 N–H and O–H groups in total. The van der Waals surface area contributed by atoms with Gasteiger partial charge in [0.1, 0.15) is 5.52 Å². The zero-order valence-electron chi connectivity index (χ0n) is 12.0. The van der Waals surface area contributed by atoms with Gasteiger partial charge < -0.3 is 0 Å². The Bertz CT molecular complexity index is 696. The molecule has 3 rings (SSSR count). The lowest BCUT2D eigenvalue weighted by Crippen LogP contribution is -2.34. The van der Waals surface area contributed by atoms with Crippen LogP contribution < -0.4 is 0 Å². The molecule has 0 fully saturated rings. The molecule has 0 amide bonds. The molecule has 3 heteroatoms. The smallest absolute Gasteiger partial charge is 0.113 e. The van der Waals surface area contributed by atoms with Gasteiger partial charge in [-0.05, 0) is 30.5 Å². The standard InChI is InChI=1S/C17H19N3/c1-3-17(4-2,14-10-6-5-7-11-14)20-16-13-9-8-12-15(16)18-19-20/h5-13H,3-4H2,1-2H3. The third-order valence-electron chi connectivity index (χ3n) is 4.24. The lowest BCUT2D eigenvalue weighted by atomic mass is 9.84. The molecule has 0 unspecified atom stereocenters. The van der Waals surface area contributed by atoms with E-state index in [1.165, 1.54) is 5.56 Å². The van der Waals surface area contributed by atoms with Crippen molar-refractivity contribution in [2.24, 2.45) is 0 Å². The lowest BCUT2D eigenvalue weighted by molar-refractivity contribution is 0.300. The van der Waals surface area contributed by atoms with E-state index < -0.39 is 0 Å². The quantitative estimate of drug-likeness (QED) is 0.714. The van der Waals surface area contributed by atoms with Gasteiger partial charge >= 0.3 is 0 Å². The summed E-state index contributed by atoms with van der Waals surface area (Å²) in [7, 11) is 0. The summed E-state index contributed by atoms with van der Waals surface area (Å²) < 4.78 is 2.09. The molecular weight excluding hydrogens is 246 g/mol. The van der Waals surface area contributed by atoms with Crippen LogP contribution in [-0.4, -0.2) is 15.0 Å². The molecule has 0 aliphatic rings. The van der Waals surface area contributed by atoms with Gasteiger partial charge in [0, 0.05) is 0 Å². The predicted molar refractivity (Wildman–Crippen MR) is 81.6 cm³/mol. The van der Waals surface area contributed by atoms with Gasteiger partial charge in [0.05, 0.1) is 11.1 Å². The first-order valence-electron chi connectivity index (χ1n) is 7.18. The number of rotatable bonds is 4. The predicted octanol–water partition coefficient (Wildman–Crippen LogP) is 3.99. The van der Waals surface area contributed by atoms with Crippen LogP contribution in [0, 0.1) is 0 Å². The van der Waals surface area contributed by atoms with Gasteiger partial charge in [-0.1, -0.05) is 61.5 Å². The van der Waals surface area contributed by atoms with Crippen LogP contribution in [0.25, 0.3) is 11.0 Å². The SMILES string of the molecule is CCC(CC)(c1ccccc1)n1nnc2ccccc21. The highest BCUT2D eigenvalue weighted by Gasteiger charge is 2.32. The van der Waals surface area contributed by atoms with Crippen LogP contribution in [0.5, 0.6) is 0 Å². The van der Waals surface area contributed by atoms with Crippen molar-refractivity contribution in [3.05, 3.63) is 60.2 Å². The molecule has 0 aliphatic carbocycles. The van der Waals surface area contributed by atoms with Crippen LogP contribution in [0.15, 0.2) is 54.6 Å². The third kappa shape index (κ3) is 1.82. The molecule has 1 aromatic heterocycles. The Balaban J connectivity index is 2.26. The summed E-state index contributed by atoms with van der Waals surface area (Å²) in [4.78, 5) is 0. The van der Waals surface area contributed by atoms with Crippen LogP contribution in [0.3, 0.4) is 0 Å². The van der Waals surface area contributed by atoms with Crippen LogP contribution in [0.2, 0.25) is 0 Å². The van der Waals surface area contributed by atoms with Crippen molar-refractivity contribution in [1.29, 1.82) is 0 Å². The van der Waals surface area contributed by atoms with Gasteiger partial charge in [-0.3, -0.25) is 0 Å². The van der Waals surface area contributed by atoms with E-state index in [1.54, 1.807) is 0 Å². The minimum absolute atomic E-state index is 0.128. The number of benzene rings is 2. The van der Waals surface area contributed by atoms with Crippen LogP contribution in [-0.2, 0) is 5.54 Å². The molecule has 1 heterocycles. The Kier molecular flexibility index (Phi) is 3.26. The summed E-state index contributed by atoms with van der Waals surface area (Å²) >= 11 is 0. The summed E-state index contributed by atoms with van der Waals surface area (Å²) in [5.74, 6) is 0. The molecule has 0 saturated carbocycles. The molecule has 3 nitrogen and oxygen atoms in total. The van der Waals surface area contributed by atoms with Crippen LogP contribution >= 0.6 is 0 Å². The first-order valence-corrected chi connectivity index (χ1v) is 7.18. The fraction of sp³-hybridized carbons (Fsp3) is 0.294. The number of para-hydroxylation sites is 1. The first kappa shape index (κ1) is 12.9. The van der Waals surface area contributed by atoms with E-state index in [0.717, 1.165) is 23.9 Å². The molecule has 20 heavy (non-hydrogen) atoms. The van der Waals surface area contributed by atoms with Gasteiger partial charge in [-0.2, -0.15) is 0 Å². The van der Waals surface area contributed by atoms with Crippen molar-refractivity contribution in [2.45, 2.75) is 32.2 Å². The van der Waals surface area contributed by atoms with Gasteiger partial charge in [0.25, 0.3) is 0 Å². The van der Waals surface area contributed by atoms with Crippen molar-refractivity contribution >= 4 is 11.0 Å². The molecule has 0 saturated heterocycles. The Morgan fingerprint density at radius 3 is 2.25 bits per heavy atom. The minimum atomic E-state index is -0.128. The van der Waals surface area contributed by atoms with E-state index in [4.69, 9.17) is 0 Å². The van der Waals surface area contributed by atoms with E-state index in [9.17, 15) is 0 Å². The maximum absolute atomic E-state index is 4.45. The molecule has 102 valence electrons. The van der Waals surface area contributed by atoms with Crippen molar-refractivity contribution in [2.75, 3.05) is 0 Å². The average Bonchev–Trinajstić information content (AvgIpc) is 2.95. The van der Waals surface area contributed by atoms with E-state index >= 15 is 0 Å². The molecule has 0 bridgehead atoms. The molecule has 0 aliphatic heterocycles. The lowest BCUT2D eigenvalue weighted by Gasteiger charge is -2.33.